The van der Waals surface area contributed by atoms with Gasteiger partial charge in [-0.3, -0.25) is 4.57 Å². The van der Waals surface area contributed by atoms with Crippen molar-refractivity contribution in [3.8, 4) is 28.3 Å². The molecule has 6 rings (SSSR count). The van der Waals surface area contributed by atoms with Crippen LogP contribution in [0, 0.1) is 11.7 Å². The van der Waals surface area contributed by atoms with E-state index in [0.717, 1.165) is 53.5 Å². The molecule has 0 aliphatic carbocycles. The fourth-order valence-electron chi connectivity index (χ4n) is 5.31. The Morgan fingerprint density at radius 2 is 1.94 bits per heavy atom. The summed E-state index contributed by atoms with van der Waals surface area (Å²) in [4.78, 5) is 6.96. The molecular formula is C27H28FN5O. The summed E-state index contributed by atoms with van der Waals surface area (Å²) >= 11 is 0. The predicted octanol–water partition coefficient (Wildman–Crippen LogP) is 3.92. The van der Waals surface area contributed by atoms with Crippen molar-refractivity contribution in [3.05, 3.63) is 78.5 Å². The van der Waals surface area contributed by atoms with E-state index in [9.17, 15) is 9.50 Å². The minimum absolute atomic E-state index is 0.234. The number of hydrogen-bond acceptors (Lipinski definition) is 4. The fraction of sp³-hybridized carbons (Fsp3) is 0.296. The number of aliphatic hydroxyl groups excluding tert-OH is 1. The lowest BCUT2D eigenvalue weighted by molar-refractivity contribution is 0.143. The molecule has 0 amide bonds. The van der Waals surface area contributed by atoms with Crippen LogP contribution in [-0.4, -0.2) is 52.0 Å². The van der Waals surface area contributed by atoms with Crippen LogP contribution in [0.1, 0.15) is 12.0 Å². The summed E-state index contributed by atoms with van der Waals surface area (Å²) in [5.41, 5.74) is 6.51. The molecule has 2 aromatic carbocycles. The highest BCUT2D eigenvalue weighted by molar-refractivity contribution is 5.72. The Bertz CT molecular complexity index is 1330. The quantitative estimate of drug-likeness (QED) is 0.420. The average Bonchev–Trinajstić information content (AvgIpc) is 3.55. The second kappa shape index (κ2) is 8.42. The molecule has 7 heteroatoms. The van der Waals surface area contributed by atoms with Crippen LogP contribution in [0.4, 0.5) is 10.1 Å². The van der Waals surface area contributed by atoms with Gasteiger partial charge < -0.3 is 19.9 Å². The third-order valence-corrected chi connectivity index (χ3v) is 7.14. The molecule has 4 aromatic rings. The first-order chi connectivity index (χ1) is 16.6. The summed E-state index contributed by atoms with van der Waals surface area (Å²) in [5.74, 6) is 0.936. The van der Waals surface area contributed by atoms with Gasteiger partial charge in [-0.25, -0.2) is 9.37 Å². The number of imidazole rings is 1. The third-order valence-electron chi connectivity index (χ3n) is 7.14. The maximum atomic E-state index is 13.4. The van der Waals surface area contributed by atoms with Crippen LogP contribution >= 0.6 is 0 Å². The maximum Gasteiger partial charge on any atom is 0.161 e. The fourth-order valence-corrected chi connectivity index (χ4v) is 5.31. The topological polar surface area (TPSA) is 58.2 Å². The summed E-state index contributed by atoms with van der Waals surface area (Å²) in [6, 6.07) is 15.3. The van der Waals surface area contributed by atoms with Crippen molar-refractivity contribution in [3.63, 3.8) is 0 Å². The third kappa shape index (κ3) is 3.61. The lowest BCUT2D eigenvalue weighted by Crippen LogP contribution is -2.22. The Balaban J connectivity index is 1.36. The molecule has 34 heavy (non-hydrogen) atoms. The highest BCUT2D eigenvalue weighted by Crippen LogP contribution is 2.36. The molecule has 2 aromatic heterocycles. The number of aromatic nitrogens is 3. The van der Waals surface area contributed by atoms with E-state index in [2.05, 4.69) is 54.8 Å². The molecule has 4 heterocycles. The van der Waals surface area contributed by atoms with Gasteiger partial charge in [-0.15, -0.1) is 0 Å². The Morgan fingerprint density at radius 3 is 2.76 bits per heavy atom. The highest BCUT2D eigenvalue weighted by Gasteiger charge is 2.31. The SMILES string of the molecule is CNCCC1CN(c2ccc3c(c2)Cn2cc(-c4ccc(F)cc4)cc2-c2nccn2-3)C[C@@H]1O. The van der Waals surface area contributed by atoms with Crippen LogP contribution in [0.25, 0.3) is 28.3 Å². The second-order valence-corrected chi connectivity index (χ2v) is 9.31. The van der Waals surface area contributed by atoms with Gasteiger partial charge in [0.05, 0.1) is 17.5 Å². The van der Waals surface area contributed by atoms with Gasteiger partial charge >= 0.3 is 0 Å². The van der Waals surface area contributed by atoms with Gasteiger partial charge in [0.25, 0.3) is 0 Å². The van der Waals surface area contributed by atoms with Gasteiger partial charge in [0, 0.05) is 55.4 Å². The van der Waals surface area contributed by atoms with E-state index in [1.807, 2.05) is 31.6 Å². The number of fused-ring (bicyclic) bond motifs is 5. The number of β-amino-alcohol motifs (C(OH)–C–C–N with tert-alkyl or cyclic N) is 1. The smallest absolute Gasteiger partial charge is 0.161 e. The van der Waals surface area contributed by atoms with Gasteiger partial charge in [0.1, 0.15) is 5.82 Å². The molecule has 0 bridgehead atoms. The van der Waals surface area contributed by atoms with E-state index in [1.54, 1.807) is 0 Å². The van der Waals surface area contributed by atoms with Crippen molar-refractivity contribution in [2.75, 3.05) is 31.6 Å². The Morgan fingerprint density at radius 1 is 1.09 bits per heavy atom. The van der Waals surface area contributed by atoms with Crippen molar-refractivity contribution < 1.29 is 9.50 Å². The first-order valence-electron chi connectivity index (χ1n) is 11.8. The molecule has 2 aliphatic rings. The summed E-state index contributed by atoms with van der Waals surface area (Å²) in [7, 11) is 1.95. The highest BCUT2D eigenvalue weighted by atomic mass is 19.1. The molecule has 0 spiro atoms. The van der Waals surface area contributed by atoms with Crippen molar-refractivity contribution in [1.29, 1.82) is 0 Å². The largest absolute Gasteiger partial charge is 0.391 e. The number of halogens is 1. The van der Waals surface area contributed by atoms with E-state index < -0.39 is 0 Å². The van der Waals surface area contributed by atoms with Crippen LogP contribution in [0.5, 0.6) is 0 Å². The lowest BCUT2D eigenvalue weighted by Gasteiger charge is -2.21. The molecule has 2 N–H and O–H groups in total. The number of anilines is 1. The van der Waals surface area contributed by atoms with Crippen LogP contribution in [-0.2, 0) is 6.54 Å². The summed E-state index contributed by atoms with van der Waals surface area (Å²) < 4.78 is 17.8. The maximum absolute atomic E-state index is 13.4. The van der Waals surface area contributed by atoms with E-state index in [0.29, 0.717) is 13.1 Å². The molecule has 6 nitrogen and oxygen atoms in total. The zero-order chi connectivity index (χ0) is 23.2. The monoisotopic (exact) mass is 457 g/mol. The van der Waals surface area contributed by atoms with Gasteiger partial charge in [0.2, 0.25) is 0 Å². The number of rotatable bonds is 5. The average molecular weight is 458 g/mol. The molecular weight excluding hydrogens is 429 g/mol. The molecule has 2 aliphatic heterocycles. The summed E-state index contributed by atoms with van der Waals surface area (Å²) in [6.07, 6.45) is 6.62. The molecule has 2 atom stereocenters. The number of aliphatic hydroxyl groups is 1. The summed E-state index contributed by atoms with van der Waals surface area (Å²) in [5, 5.41) is 13.8. The molecule has 1 fully saturated rings. The van der Waals surface area contributed by atoms with E-state index in [4.69, 9.17) is 0 Å². The summed E-state index contributed by atoms with van der Waals surface area (Å²) in [6.45, 7) is 3.15. The minimum atomic E-state index is -0.304. The number of hydrogen-bond donors (Lipinski definition) is 2. The second-order valence-electron chi connectivity index (χ2n) is 9.31. The molecule has 1 unspecified atom stereocenters. The van der Waals surface area contributed by atoms with Gasteiger partial charge in [-0.1, -0.05) is 12.1 Å². The van der Waals surface area contributed by atoms with E-state index in [1.165, 1.54) is 17.7 Å². The molecule has 174 valence electrons. The normalized spacial score (nSPS) is 19.0. The molecule has 0 saturated carbocycles. The van der Waals surface area contributed by atoms with Crippen molar-refractivity contribution >= 4 is 5.69 Å². The van der Waals surface area contributed by atoms with Crippen LogP contribution in [0.15, 0.2) is 67.1 Å². The van der Waals surface area contributed by atoms with Gasteiger partial charge in [-0.2, -0.15) is 0 Å². The number of nitrogens with one attached hydrogen (secondary N) is 1. The number of benzene rings is 2. The van der Waals surface area contributed by atoms with Crippen LogP contribution < -0.4 is 10.2 Å². The first-order valence-corrected chi connectivity index (χ1v) is 11.8. The Hall–Kier alpha value is -3.42. The van der Waals surface area contributed by atoms with Gasteiger partial charge in [0.15, 0.2) is 5.82 Å². The van der Waals surface area contributed by atoms with Crippen LogP contribution in [0.2, 0.25) is 0 Å². The first kappa shape index (κ1) is 21.1. The lowest BCUT2D eigenvalue weighted by atomic mass is 10.0. The zero-order valence-corrected chi connectivity index (χ0v) is 19.2. The molecule has 1 saturated heterocycles. The van der Waals surface area contributed by atoms with E-state index >= 15 is 0 Å². The minimum Gasteiger partial charge on any atom is -0.391 e. The van der Waals surface area contributed by atoms with Crippen molar-refractivity contribution in [2.45, 2.75) is 19.1 Å². The Kier molecular flexibility index (Phi) is 5.23. The van der Waals surface area contributed by atoms with Gasteiger partial charge in [-0.05, 0) is 67.5 Å². The van der Waals surface area contributed by atoms with Crippen LogP contribution in [0.3, 0.4) is 0 Å². The van der Waals surface area contributed by atoms with Crippen molar-refractivity contribution in [1.82, 2.24) is 19.4 Å². The zero-order valence-electron chi connectivity index (χ0n) is 19.2. The predicted molar refractivity (Wildman–Crippen MR) is 132 cm³/mol. The van der Waals surface area contributed by atoms with E-state index in [-0.39, 0.29) is 17.8 Å². The molecule has 0 radical (unpaired) electrons. The van der Waals surface area contributed by atoms with Crippen molar-refractivity contribution in [2.24, 2.45) is 5.92 Å². The number of nitrogens with zero attached hydrogens (tertiary/aromatic N) is 4. The Labute approximate surface area is 198 Å². The standard InChI is InChI=1S/C27H28FN5O/c1-29-9-8-19-14-31(17-26(19)34)23-6-7-24-21(12-23)16-32-15-20(18-2-4-22(28)5-3-18)13-25(32)27-30-10-11-33(24)27/h2-7,10-13,15,19,26,29,34H,8-9,14,16-17H2,1H3/t19?,26-/m0/s1.